The van der Waals surface area contributed by atoms with Crippen molar-refractivity contribution in [1.29, 1.82) is 0 Å². The summed E-state index contributed by atoms with van der Waals surface area (Å²) in [5.74, 6) is -3.19. The SMILES string of the molecule is C[C@@H]1C[C@@]2(C)C(=CC1=O)C(F)=C[C@@H]1[C@@H]2[C@@H](O)C[C@@]2(C)[C@H]1C[C@@H](O)[C@]2(O)C(=O)CO. The number of hydrogen-bond acceptors (Lipinski definition) is 6. The van der Waals surface area contributed by atoms with Crippen LogP contribution in [-0.2, 0) is 9.59 Å². The van der Waals surface area contributed by atoms with Crippen LogP contribution in [-0.4, -0.2) is 56.4 Å². The fourth-order valence-corrected chi connectivity index (χ4v) is 7.20. The Hall–Kier alpha value is -1.41. The van der Waals surface area contributed by atoms with E-state index in [1.165, 1.54) is 12.2 Å². The molecule has 4 rings (SSSR count). The van der Waals surface area contributed by atoms with Gasteiger partial charge < -0.3 is 20.4 Å². The van der Waals surface area contributed by atoms with Crippen LogP contribution in [0.5, 0.6) is 0 Å². The molecular weight excluding hydrogens is 379 g/mol. The predicted octanol–water partition coefficient (Wildman–Crippen LogP) is 1.07. The van der Waals surface area contributed by atoms with Gasteiger partial charge in [0.2, 0.25) is 0 Å². The minimum atomic E-state index is -2.20. The molecule has 2 saturated carbocycles. The Kier molecular flexibility index (Phi) is 4.53. The van der Waals surface area contributed by atoms with Crippen molar-refractivity contribution in [3.05, 3.63) is 23.6 Å². The summed E-state index contributed by atoms with van der Waals surface area (Å²) in [6.45, 7) is 4.37. The van der Waals surface area contributed by atoms with Gasteiger partial charge in [-0.15, -0.1) is 0 Å². The van der Waals surface area contributed by atoms with Gasteiger partial charge in [-0.05, 0) is 48.8 Å². The lowest BCUT2D eigenvalue weighted by Crippen LogP contribution is -2.63. The van der Waals surface area contributed by atoms with E-state index in [2.05, 4.69) is 0 Å². The third-order valence-electron chi connectivity index (χ3n) is 8.59. The first-order valence-corrected chi connectivity index (χ1v) is 10.3. The first kappa shape index (κ1) is 20.8. The number of halogens is 1. The number of carbonyl (C=O) groups is 2. The predicted molar refractivity (Wildman–Crippen MR) is 101 cm³/mol. The van der Waals surface area contributed by atoms with Crippen molar-refractivity contribution in [3.63, 3.8) is 0 Å². The number of fused-ring (bicyclic) bond motifs is 5. The van der Waals surface area contributed by atoms with Crippen molar-refractivity contribution >= 4 is 11.6 Å². The zero-order valence-corrected chi connectivity index (χ0v) is 16.9. The first-order chi connectivity index (χ1) is 13.4. The van der Waals surface area contributed by atoms with Gasteiger partial charge in [-0.3, -0.25) is 9.59 Å². The lowest BCUT2D eigenvalue weighted by Gasteiger charge is -2.59. The van der Waals surface area contributed by atoms with Gasteiger partial charge in [-0.25, -0.2) is 4.39 Å². The Labute approximate surface area is 169 Å². The fraction of sp³-hybridized carbons (Fsp3) is 0.727. The Morgan fingerprint density at radius 3 is 2.55 bits per heavy atom. The zero-order chi connectivity index (χ0) is 21.5. The van der Waals surface area contributed by atoms with Crippen LogP contribution >= 0.6 is 0 Å². The molecule has 0 aromatic heterocycles. The molecule has 0 aliphatic heterocycles. The van der Waals surface area contributed by atoms with Crippen molar-refractivity contribution < 1.29 is 34.4 Å². The van der Waals surface area contributed by atoms with E-state index < -0.39 is 64.6 Å². The van der Waals surface area contributed by atoms with Crippen LogP contribution < -0.4 is 0 Å². The quantitative estimate of drug-likeness (QED) is 0.543. The highest BCUT2D eigenvalue weighted by atomic mass is 19.1. The van der Waals surface area contributed by atoms with Gasteiger partial charge >= 0.3 is 0 Å². The lowest BCUT2D eigenvalue weighted by molar-refractivity contribution is -0.187. The topological polar surface area (TPSA) is 115 Å². The summed E-state index contributed by atoms with van der Waals surface area (Å²) < 4.78 is 15.2. The highest BCUT2D eigenvalue weighted by Gasteiger charge is 2.71. The fourth-order valence-electron chi connectivity index (χ4n) is 7.20. The van der Waals surface area contributed by atoms with Crippen LogP contribution in [0, 0.1) is 34.5 Å². The summed E-state index contributed by atoms with van der Waals surface area (Å²) in [5.41, 5.74) is -3.86. The number of rotatable bonds is 2. The van der Waals surface area contributed by atoms with Crippen molar-refractivity contribution in [3.8, 4) is 0 Å². The summed E-state index contributed by atoms with van der Waals surface area (Å²) >= 11 is 0. The summed E-state index contributed by atoms with van der Waals surface area (Å²) in [5, 5.41) is 42.4. The third-order valence-corrected chi connectivity index (χ3v) is 8.59. The van der Waals surface area contributed by atoms with E-state index in [9.17, 15) is 30.0 Å². The van der Waals surface area contributed by atoms with Crippen molar-refractivity contribution in [2.75, 3.05) is 6.61 Å². The molecule has 0 unspecified atom stereocenters. The molecule has 0 saturated heterocycles. The molecule has 0 aromatic carbocycles. The zero-order valence-electron chi connectivity index (χ0n) is 16.9. The molecule has 2 fully saturated rings. The molecule has 4 aliphatic rings. The molecular formula is C22H29FO6. The van der Waals surface area contributed by atoms with Gasteiger partial charge in [0.1, 0.15) is 12.4 Å². The highest BCUT2D eigenvalue weighted by molar-refractivity contribution is 5.94. The normalized spacial score (nSPS) is 51.5. The van der Waals surface area contributed by atoms with Gasteiger partial charge in [0.15, 0.2) is 17.2 Å². The minimum Gasteiger partial charge on any atom is -0.393 e. The van der Waals surface area contributed by atoms with Crippen LogP contribution in [0.15, 0.2) is 23.6 Å². The molecule has 0 amide bonds. The Morgan fingerprint density at radius 2 is 1.93 bits per heavy atom. The monoisotopic (exact) mass is 408 g/mol. The molecule has 0 spiro atoms. The van der Waals surface area contributed by atoms with E-state index in [1.54, 1.807) is 13.8 Å². The number of aliphatic hydroxyl groups is 4. The van der Waals surface area contributed by atoms with Gasteiger partial charge in [0.05, 0.1) is 12.2 Å². The van der Waals surface area contributed by atoms with Gasteiger partial charge in [-0.2, -0.15) is 0 Å². The Morgan fingerprint density at radius 1 is 1.28 bits per heavy atom. The molecule has 0 aromatic rings. The smallest absolute Gasteiger partial charge is 0.192 e. The maximum Gasteiger partial charge on any atom is 0.192 e. The van der Waals surface area contributed by atoms with E-state index >= 15 is 4.39 Å². The molecule has 0 heterocycles. The molecule has 29 heavy (non-hydrogen) atoms. The van der Waals surface area contributed by atoms with Crippen LogP contribution in [0.2, 0.25) is 0 Å². The molecule has 4 N–H and O–H groups in total. The van der Waals surface area contributed by atoms with Crippen molar-refractivity contribution in [2.45, 2.75) is 57.8 Å². The maximum atomic E-state index is 15.2. The van der Waals surface area contributed by atoms with Crippen LogP contribution in [0.3, 0.4) is 0 Å². The summed E-state index contributed by atoms with van der Waals surface area (Å²) in [4.78, 5) is 24.6. The second kappa shape index (κ2) is 6.30. The number of aliphatic hydroxyl groups excluding tert-OH is 3. The highest BCUT2D eigenvalue weighted by Crippen LogP contribution is 2.67. The van der Waals surface area contributed by atoms with Gasteiger partial charge in [0, 0.05) is 22.7 Å². The summed E-state index contributed by atoms with van der Waals surface area (Å²) in [6.07, 6.45) is 0.890. The molecule has 0 radical (unpaired) electrons. The number of Topliss-reactive ketones (excluding diaryl/α,β-unsaturated/α-hetero) is 1. The summed E-state index contributed by atoms with van der Waals surface area (Å²) in [6, 6.07) is 0. The third kappa shape index (κ3) is 2.42. The molecule has 0 bridgehead atoms. The standard InChI is InChI=1S/C22H29FO6/c1-10-7-20(2)13(5-15(10)25)14(23)4-11-12-6-17(27)22(29,18(28)9-24)21(12,3)8-16(26)19(11)20/h4-5,10-12,16-17,19,24,26-27,29H,6-9H2,1-3H3/t10-,11+,12+,16+,17-,19-,20+,21+,22+/m1/s1. The van der Waals surface area contributed by atoms with Gasteiger partial charge in [-0.1, -0.05) is 20.8 Å². The van der Waals surface area contributed by atoms with Crippen LogP contribution in [0.4, 0.5) is 4.39 Å². The first-order valence-electron chi connectivity index (χ1n) is 10.3. The number of allylic oxidation sites excluding steroid dienone is 4. The Balaban J connectivity index is 1.86. The molecule has 9 atom stereocenters. The van der Waals surface area contributed by atoms with E-state index in [1.807, 2.05) is 6.92 Å². The second-order valence-corrected chi connectivity index (χ2v) is 10.00. The second-order valence-electron chi connectivity index (χ2n) is 10.00. The molecule has 7 heteroatoms. The van der Waals surface area contributed by atoms with E-state index in [0.29, 0.717) is 12.0 Å². The molecule has 160 valence electrons. The summed E-state index contributed by atoms with van der Waals surface area (Å²) in [7, 11) is 0. The molecule has 6 nitrogen and oxygen atoms in total. The minimum absolute atomic E-state index is 0.0405. The van der Waals surface area contributed by atoms with E-state index in [0.717, 1.165) is 0 Å². The van der Waals surface area contributed by atoms with E-state index in [-0.39, 0.29) is 24.5 Å². The number of ketones is 2. The van der Waals surface area contributed by atoms with Crippen molar-refractivity contribution in [1.82, 2.24) is 0 Å². The molecule has 4 aliphatic carbocycles. The maximum absolute atomic E-state index is 15.2. The average molecular weight is 408 g/mol. The van der Waals surface area contributed by atoms with Crippen LogP contribution in [0.1, 0.15) is 40.0 Å². The lowest BCUT2D eigenvalue weighted by atomic mass is 9.46. The number of carbonyl (C=O) groups excluding carboxylic acids is 2. The average Bonchev–Trinajstić information content (AvgIpc) is 2.84. The Bertz CT molecular complexity index is 835. The van der Waals surface area contributed by atoms with Crippen molar-refractivity contribution in [2.24, 2.45) is 34.5 Å². The van der Waals surface area contributed by atoms with E-state index in [4.69, 9.17) is 0 Å². The van der Waals surface area contributed by atoms with Crippen LogP contribution in [0.25, 0.3) is 0 Å². The largest absolute Gasteiger partial charge is 0.393 e. The van der Waals surface area contributed by atoms with Gasteiger partial charge in [0.25, 0.3) is 0 Å². The number of hydrogen-bond donors (Lipinski definition) is 4.